The monoisotopic (exact) mass is 235 g/mol. The van der Waals surface area contributed by atoms with Gasteiger partial charge in [-0.05, 0) is 38.5 Å². The van der Waals surface area contributed by atoms with Gasteiger partial charge in [-0.1, -0.05) is 6.92 Å². The fourth-order valence-electron chi connectivity index (χ4n) is 2.56. The van der Waals surface area contributed by atoms with E-state index in [4.69, 9.17) is 0 Å². The summed E-state index contributed by atoms with van der Waals surface area (Å²) in [6, 6.07) is 1.97. The third-order valence-electron chi connectivity index (χ3n) is 3.71. The third kappa shape index (κ3) is 2.57. The van der Waals surface area contributed by atoms with Crippen LogP contribution in [0.1, 0.15) is 48.8 Å². The highest BCUT2D eigenvalue weighted by Crippen LogP contribution is 2.27. The van der Waals surface area contributed by atoms with Crippen molar-refractivity contribution in [3.05, 3.63) is 17.5 Å². The predicted octanol–water partition coefficient (Wildman–Crippen LogP) is 1.82. The molecule has 4 nitrogen and oxygen atoms in total. The van der Waals surface area contributed by atoms with Gasteiger partial charge in [-0.2, -0.15) is 5.10 Å². The molecule has 0 N–H and O–H groups in total. The second-order valence-electron chi connectivity index (χ2n) is 4.84. The Balaban J connectivity index is 2.08. The molecule has 17 heavy (non-hydrogen) atoms. The minimum absolute atomic E-state index is 0.0947. The second-order valence-corrected chi connectivity index (χ2v) is 4.84. The molecular formula is C13H21N3O. The highest BCUT2D eigenvalue weighted by atomic mass is 16.1. The fraction of sp³-hybridized carbons (Fsp3) is 0.692. The Labute approximate surface area is 103 Å². The van der Waals surface area contributed by atoms with Crippen molar-refractivity contribution >= 4 is 5.78 Å². The van der Waals surface area contributed by atoms with Crippen molar-refractivity contribution in [2.45, 2.75) is 32.6 Å². The predicted molar refractivity (Wildman–Crippen MR) is 67.3 cm³/mol. The fourth-order valence-corrected chi connectivity index (χ4v) is 2.56. The number of aromatic nitrogens is 2. The van der Waals surface area contributed by atoms with E-state index < -0.39 is 0 Å². The van der Waals surface area contributed by atoms with Crippen LogP contribution in [0.25, 0.3) is 0 Å². The van der Waals surface area contributed by atoms with E-state index in [2.05, 4.69) is 16.9 Å². The van der Waals surface area contributed by atoms with E-state index in [0.29, 0.717) is 5.92 Å². The molecule has 0 bridgehead atoms. The van der Waals surface area contributed by atoms with Crippen molar-refractivity contribution in [3.63, 3.8) is 0 Å². The van der Waals surface area contributed by atoms with Crippen molar-refractivity contribution in [1.82, 2.24) is 14.7 Å². The van der Waals surface area contributed by atoms with Crippen molar-refractivity contribution in [1.29, 1.82) is 0 Å². The molecule has 1 aliphatic heterocycles. The molecule has 94 valence electrons. The van der Waals surface area contributed by atoms with Crippen LogP contribution in [-0.2, 0) is 7.05 Å². The number of piperidine rings is 1. The highest BCUT2D eigenvalue weighted by molar-refractivity contribution is 5.92. The lowest BCUT2D eigenvalue weighted by Gasteiger charge is -2.30. The summed E-state index contributed by atoms with van der Waals surface area (Å²) in [6.45, 7) is 7.23. The second kappa shape index (κ2) is 5.00. The van der Waals surface area contributed by atoms with E-state index in [9.17, 15) is 4.79 Å². The van der Waals surface area contributed by atoms with E-state index in [1.165, 1.54) is 0 Å². The minimum atomic E-state index is 0.0947. The van der Waals surface area contributed by atoms with Crippen molar-refractivity contribution in [2.75, 3.05) is 19.6 Å². The average molecular weight is 235 g/mol. The number of likely N-dealkylation sites (tertiary alicyclic amines) is 1. The maximum absolute atomic E-state index is 11.4. The number of hydrogen-bond acceptors (Lipinski definition) is 3. The number of carbonyl (C=O) groups excluding carboxylic acids is 1. The standard InChI is InChI=1S/C13H21N3O/c1-4-16-7-5-11(6-8-16)12-9-13(10(2)17)15(3)14-12/h9,11H,4-8H2,1-3H3. The van der Waals surface area contributed by atoms with Gasteiger partial charge < -0.3 is 4.90 Å². The Morgan fingerprint density at radius 2 is 2.12 bits per heavy atom. The maximum Gasteiger partial charge on any atom is 0.177 e. The van der Waals surface area contributed by atoms with Gasteiger partial charge in [0.2, 0.25) is 0 Å². The van der Waals surface area contributed by atoms with Crippen molar-refractivity contribution in [2.24, 2.45) is 7.05 Å². The van der Waals surface area contributed by atoms with Crippen LogP contribution in [0.15, 0.2) is 6.07 Å². The Morgan fingerprint density at radius 1 is 1.47 bits per heavy atom. The number of nitrogens with zero attached hydrogens (tertiary/aromatic N) is 3. The summed E-state index contributed by atoms with van der Waals surface area (Å²) >= 11 is 0. The van der Waals surface area contributed by atoms with Crippen LogP contribution in [0.5, 0.6) is 0 Å². The Bertz CT molecular complexity index is 403. The quantitative estimate of drug-likeness (QED) is 0.750. The largest absolute Gasteiger partial charge is 0.304 e. The Morgan fingerprint density at radius 3 is 2.59 bits per heavy atom. The first-order valence-corrected chi connectivity index (χ1v) is 6.39. The summed E-state index contributed by atoms with van der Waals surface area (Å²) < 4.78 is 1.71. The summed E-state index contributed by atoms with van der Waals surface area (Å²) in [7, 11) is 1.85. The zero-order valence-electron chi connectivity index (χ0n) is 10.9. The van der Waals surface area contributed by atoms with Gasteiger partial charge in [0.05, 0.1) is 5.69 Å². The molecule has 0 amide bonds. The average Bonchev–Trinajstić information content (AvgIpc) is 2.71. The van der Waals surface area contributed by atoms with Gasteiger partial charge >= 0.3 is 0 Å². The van der Waals surface area contributed by atoms with Crippen LogP contribution in [0, 0.1) is 0 Å². The zero-order chi connectivity index (χ0) is 12.4. The highest BCUT2D eigenvalue weighted by Gasteiger charge is 2.23. The van der Waals surface area contributed by atoms with Gasteiger partial charge in [-0.3, -0.25) is 9.48 Å². The van der Waals surface area contributed by atoms with Crippen LogP contribution in [0.4, 0.5) is 0 Å². The number of carbonyl (C=O) groups is 1. The number of ketones is 1. The SMILES string of the molecule is CCN1CCC(c2cc(C(C)=O)n(C)n2)CC1. The van der Waals surface area contributed by atoms with E-state index in [0.717, 1.165) is 43.9 Å². The van der Waals surface area contributed by atoms with Crippen molar-refractivity contribution in [3.8, 4) is 0 Å². The van der Waals surface area contributed by atoms with Gasteiger partial charge in [0.25, 0.3) is 0 Å². The minimum Gasteiger partial charge on any atom is -0.304 e. The Hall–Kier alpha value is -1.16. The molecule has 1 aromatic rings. The number of hydrogen-bond donors (Lipinski definition) is 0. The molecule has 2 rings (SSSR count). The molecule has 0 saturated carbocycles. The lowest BCUT2D eigenvalue weighted by Crippen LogP contribution is -2.32. The van der Waals surface area contributed by atoms with Crippen LogP contribution >= 0.6 is 0 Å². The first-order chi connectivity index (χ1) is 8.11. The van der Waals surface area contributed by atoms with E-state index in [-0.39, 0.29) is 5.78 Å². The lowest BCUT2D eigenvalue weighted by molar-refractivity contribution is 0.100. The molecule has 0 spiro atoms. The maximum atomic E-state index is 11.4. The zero-order valence-corrected chi connectivity index (χ0v) is 10.9. The van der Waals surface area contributed by atoms with Crippen LogP contribution in [0.3, 0.4) is 0 Å². The number of Topliss-reactive ketones (excluding diaryl/α,β-unsaturated/α-hetero) is 1. The summed E-state index contributed by atoms with van der Waals surface area (Å²) in [4.78, 5) is 13.9. The molecule has 0 unspecified atom stereocenters. The molecule has 1 aromatic heterocycles. The molecule has 0 aromatic carbocycles. The molecule has 2 heterocycles. The van der Waals surface area contributed by atoms with Crippen LogP contribution in [-0.4, -0.2) is 40.1 Å². The molecule has 0 atom stereocenters. The summed E-state index contributed by atoms with van der Waals surface area (Å²) in [5.74, 6) is 0.620. The Kier molecular flexibility index (Phi) is 3.62. The smallest absolute Gasteiger partial charge is 0.177 e. The summed E-state index contributed by atoms with van der Waals surface area (Å²) in [6.07, 6.45) is 2.31. The van der Waals surface area contributed by atoms with E-state index in [1.54, 1.807) is 11.6 Å². The third-order valence-corrected chi connectivity index (χ3v) is 3.71. The van der Waals surface area contributed by atoms with E-state index >= 15 is 0 Å². The first-order valence-electron chi connectivity index (χ1n) is 6.39. The molecule has 1 fully saturated rings. The lowest BCUT2D eigenvalue weighted by atomic mass is 9.93. The normalized spacial score (nSPS) is 18.5. The van der Waals surface area contributed by atoms with Crippen LogP contribution < -0.4 is 0 Å². The molecule has 1 saturated heterocycles. The first kappa shape index (κ1) is 12.3. The number of aryl methyl sites for hydroxylation is 1. The molecule has 4 heteroatoms. The molecule has 1 aliphatic rings. The van der Waals surface area contributed by atoms with Gasteiger partial charge in [0.1, 0.15) is 5.69 Å². The summed E-state index contributed by atoms with van der Waals surface area (Å²) in [5.41, 5.74) is 1.81. The van der Waals surface area contributed by atoms with Gasteiger partial charge in [0, 0.05) is 19.9 Å². The van der Waals surface area contributed by atoms with Gasteiger partial charge in [0.15, 0.2) is 5.78 Å². The van der Waals surface area contributed by atoms with Gasteiger partial charge in [-0.25, -0.2) is 0 Å². The molecule has 0 aliphatic carbocycles. The van der Waals surface area contributed by atoms with Crippen LogP contribution in [0.2, 0.25) is 0 Å². The topological polar surface area (TPSA) is 38.1 Å². The van der Waals surface area contributed by atoms with Crippen molar-refractivity contribution < 1.29 is 4.79 Å². The molecular weight excluding hydrogens is 214 g/mol. The summed E-state index contributed by atoms with van der Waals surface area (Å²) in [5, 5.41) is 4.48. The van der Waals surface area contributed by atoms with E-state index in [1.807, 2.05) is 13.1 Å². The molecule has 0 radical (unpaired) electrons. The number of rotatable bonds is 3. The van der Waals surface area contributed by atoms with Gasteiger partial charge in [-0.15, -0.1) is 0 Å².